The van der Waals surface area contributed by atoms with Gasteiger partial charge in [0.05, 0.1) is 17.6 Å². The molecule has 1 fully saturated rings. The number of rotatable bonds is 7. The number of aliphatic imine (C=N–C) groups is 1. The van der Waals surface area contributed by atoms with Gasteiger partial charge >= 0.3 is 11.9 Å². The molecule has 0 saturated carbocycles. The van der Waals surface area contributed by atoms with Crippen LogP contribution in [0.25, 0.3) is 0 Å². The molecule has 3 unspecified atom stereocenters. The third kappa shape index (κ3) is 5.61. The molecule has 2 aliphatic heterocycles. The summed E-state index contributed by atoms with van der Waals surface area (Å²) in [7, 11) is 1.27. The fraction of sp³-hybridized carbons (Fsp3) is 0.393. The number of esters is 2. The van der Waals surface area contributed by atoms with E-state index in [1.165, 1.54) is 24.8 Å². The third-order valence-electron chi connectivity index (χ3n) is 7.05. The van der Waals surface area contributed by atoms with Gasteiger partial charge in [0.1, 0.15) is 11.5 Å². The number of hydrogen-bond donors (Lipinski definition) is 0. The van der Waals surface area contributed by atoms with Crippen LogP contribution in [-0.2, 0) is 25.6 Å². The number of carbonyl (C=O) groups is 2. The molecule has 0 amide bonds. The smallest absolute Gasteiger partial charge is 0.337 e. The molecule has 9 nitrogen and oxygen atoms in total. The molecule has 9 heteroatoms. The zero-order chi connectivity index (χ0) is 26.7. The van der Waals surface area contributed by atoms with E-state index in [1.54, 1.807) is 26.0 Å². The molecule has 4 rings (SSSR count). The molecule has 1 saturated heterocycles. The largest absolute Gasteiger partial charge is 0.468 e. The van der Waals surface area contributed by atoms with Gasteiger partial charge < -0.3 is 9.47 Å². The number of nitrogens with zero attached hydrogens (tertiary/aromatic N) is 3. The van der Waals surface area contributed by atoms with Gasteiger partial charge in [-0.05, 0) is 31.9 Å². The first-order valence-corrected chi connectivity index (χ1v) is 12.2. The Balaban J connectivity index is 1.64. The molecule has 37 heavy (non-hydrogen) atoms. The van der Waals surface area contributed by atoms with Crippen molar-refractivity contribution in [1.29, 1.82) is 0 Å². The summed E-state index contributed by atoms with van der Waals surface area (Å²) < 4.78 is 11.2. The number of hydrogen-bond acceptors (Lipinski definition) is 8. The second-order valence-corrected chi connectivity index (χ2v) is 9.87. The van der Waals surface area contributed by atoms with Crippen LogP contribution in [0, 0.1) is 16.0 Å². The number of nitro benzene ring substituents is 1. The second-order valence-electron chi connectivity index (χ2n) is 9.87. The summed E-state index contributed by atoms with van der Waals surface area (Å²) in [5, 5.41) is 11.5. The van der Waals surface area contributed by atoms with Crippen molar-refractivity contribution in [2.45, 2.75) is 45.3 Å². The number of allylic oxidation sites excluding steroid dienone is 1. The van der Waals surface area contributed by atoms with Crippen molar-refractivity contribution >= 4 is 23.3 Å². The molecule has 2 aromatic carbocycles. The molecule has 0 aromatic heterocycles. The van der Waals surface area contributed by atoms with E-state index in [0.29, 0.717) is 29.9 Å². The topological polar surface area (TPSA) is 111 Å². The van der Waals surface area contributed by atoms with Gasteiger partial charge in [-0.3, -0.25) is 24.8 Å². The van der Waals surface area contributed by atoms with Gasteiger partial charge in [-0.1, -0.05) is 42.5 Å². The molecule has 0 bridgehead atoms. The minimum Gasteiger partial charge on any atom is -0.468 e. The summed E-state index contributed by atoms with van der Waals surface area (Å²) in [6, 6.07) is 16.1. The van der Waals surface area contributed by atoms with Crippen LogP contribution in [0.3, 0.4) is 0 Å². The molecule has 0 radical (unpaired) electrons. The Hall–Kier alpha value is -3.85. The number of non-ortho nitro benzene ring substituents is 1. The van der Waals surface area contributed by atoms with Crippen molar-refractivity contribution in [3.05, 3.63) is 87.1 Å². The van der Waals surface area contributed by atoms with E-state index in [4.69, 9.17) is 9.47 Å². The Morgan fingerprint density at radius 3 is 2.57 bits per heavy atom. The van der Waals surface area contributed by atoms with Crippen LogP contribution in [0.15, 0.2) is 70.9 Å². The summed E-state index contributed by atoms with van der Waals surface area (Å²) >= 11 is 0. The average Bonchev–Trinajstić information content (AvgIpc) is 3.23. The Kier molecular flexibility index (Phi) is 7.54. The Bertz CT molecular complexity index is 1270. The Morgan fingerprint density at radius 1 is 1.16 bits per heavy atom. The number of methoxy groups -OCH3 is 1. The van der Waals surface area contributed by atoms with Crippen LogP contribution in [0.1, 0.15) is 44.2 Å². The highest BCUT2D eigenvalue weighted by atomic mass is 16.6. The summed E-state index contributed by atoms with van der Waals surface area (Å²) in [4.78, 5) is 44.3. The first-order valence-electron chi connectivity index (χ1n) is 12.2. The fourth-order valence-electron chi connectivity index (χ4n) is 5.29. The van der Waals surface area contributed by atoms with Gasteiger partial charge in [0, 0.05) is 55.5 Å². The first-order chi connectivity index (χ1) is 17.6. The highest BCUT2D eigenvalue weighted by Gasteiger charge is 2.45. The van der Waals surface area contributed by atoms with Gasteiger partial charge in [0.15, 0.2) is 0 Å². The number of nitro groups is 1. The fourth-order valence-corrected chi connectivity index (χ4v) is 5.29. The van der Waals surface area contributed by atoms with E-state index in [1.807, 2.05) is 25.1 Å². The predicted octanol–water partition coefficient (Wildman–Crippen LogP) is 4.42. The van der Waals surface area contributed by atoms with Crippen LogP contribution in [0.2, 0.25) is 0 Å². The molecule has 0 aliphatic carbocycles. The van der Waals surface area contributed by atoms with E-state index in [0.717, 1.165) is 13.1 Å². The third-order valence-corrected chi connectivity index (χ3v) is 7.05. The van der Waals surface area contributed by atoms with Gasteiger partial charge in [0.25, 0.3) is 5.69 Å². The van der Waals surface area contributed by atoms with Gasteiger partial charge in [-0.25, -0.2) is 4.79 Å². The molecule has 2 aliphatic rings. The standard InChI is InChI=1S/C28H31N3O6/c1-18-23(26(32)36-4)25(21-11-8-12-22(15-21)31(34)35)24(19(2)29-18)27(33)37-28(3)13-14-30(17-28)16-20-9-6-5-7-10-20/h5-12,15,23,25H,13-14,16-17H2,1-4H3. The number of likely N-dealkylation sites (tertiary alicyclic amines) is 1. The quantitative estimate of drug-likeness (QED) is 0.311. The lowest BCUT2D eigenvalue weighted by molar-refractivity contribution is -0.384. The van der Waals surface area contributed by atoms with E-state index >= 15 is 0 Å². The predicted molar refractivity (Wildman–Crippen MR) is 138 cm³/mol. The van der Waals surface area contributed by atoms with E-state index in [2.05, 4.69) is 22.0 Å². The lowest BCUT2D eigenvalue weighted by Gasteiger charge is -2.33. The summed E-state index contributed by atoms with van der Waals surface area (Å²) in [6.45, 7) is 7.37. The first kappa shape index (κ1) is 26.2. The zero-order valence-corrected chi connectivity index (χ0v) is 21.5. The maximum absolute atomic E-state index is 13.7. The maximum Gasteiger partial charge on any atom is 0.337 e. The highest BCUT2D eigenvalue weighted by molar-refractivity contribution is 6.07. The highest BCUT2D eigenvalue weighted by Crippen LogP contribution is 2.42. The molecule has 194 valence electrons. The van der Waals surface area contributed by atoms with Crippen molar-refractivity contribution in [1.82, 2.24) is 4.90 Å². The van der Waals surface area contributed by atoms with Crippen molar-refractivity contribution < 1.29 is 24.0 Å². The van der Waals surface area contributed by atoms with Crippen molar-refractivity contribution in [3.63, 3.8) is 0 Å². The van der Waals surface area contributed by atoms with Crippen LogP contribution in [-0.4, -0.2) is 53.3 Å². The van der Waals surface area contributed by atoms with Crippen molar-refractivity contribution in [2.24, 2.45) is 10.9 Å². The Labute approximate surface area is 215 Å². The van der Waals surface area contributed by atoms with Crippen molar-refractivity contribution in [3.8, 4) is 0 Å². The molecule has 3 atom stereocenters. The summed E-state index contributed by atoms with van der Waals surface area (Å²) in [5.74, 6) is -2.90. The summed E-state index contributed by atoms with van der Waals surface area (Å²) in [5.41, 5.74) is 1.87. The van der Waals surface area contributed by atoms with Crippen LogP contribution in [0.5, 0.6) is 0 Å². The number of ether oxygens (including phenoxy) is 2. The molecule has 0 N–H and O–H groups in total. The maximum atomic E-state index is 13.7. The number of benzene rings is 2. The van der Waals surface area contributed by atoms with Crippen molar-refractivity contribution in [2.75, 3.05) is 20.2 Å². The molecule has 2 heterocycles. The van der Waals surface area contributed by atoms with Crippen LogP contribution >= 0.6 is 0 Å². The zero-order valence-electron chi connectivity index (χ0n) is 21.5. The average molecular weight is 506 g/mol. The molecular weight excluding hydrogens is 474 g/mol. The Morgan fingerprint density at radius 2 is 1.89 bits per heavy atom. The lowest BCUT2D eigenvalue weighted by atomic mass is 9.75. The van der Waals surface area contributed by atoms with Gasteiger partial charge in [0.2, 0.25) is 0 Å². The van der Waals surface area contributed by atoms with Crippen LogP contribution in [0.4, 0.5) is 5.69 Å². The summed E-state index contributed by atoms with van der Waals surface area (Å²) in [6.07, 6.45) is 0.655. The molecule has 0 spiro atoms. The van der Waals surface area contributed by atoms with Gasteiger partial charge in [-0.2, -0.15) is 0 Å². The normalized spacial score (nSPS) is 23.9. The molecule has 2 aromatic rings. The monoisotopic (exact) mass is 505 g/mol. The lowest BCUT2D eigenvalue weighted by Crippen LogP contribution is -2.40. The second kappa shape index (κ2) is 10.6. The van der Waals surface area contributed by atoms with Gasteiger partial charge in [-0.15, -0.1) is 0 Å². The minimum atomic E-state index is -0.913. The molecular formula is C28H31N3O6. The SMILES string of the molecule is COC(=O)C1C(C)=NC(C)=C(C(=O)OC2(C)CCN(Cc3ccccc3)C2)C1c1cccc([N+](=O)[O-])c1. The van der Waals surface area contributed by atoms with Crippen LogP contribution < -0.4 is 0 Å². The van der Waals surface area contributed by atoms with E-state index in [-0.39, 0.29) is 11.3 Å². The van der Waals surface area contributed by atoms with E-state index in [9.17, 15) is 19.7 Å². The van der Waals surface area contributed by atoms with E-state index < -0.39 is 34.3 Å². The minimum absolute atomic E-state index is 0.133. The number of carbonyl (C=O) groups excluding carboxylic acids is 2.